The number of likely N-dealkylation sites (tertiary alicyclic amines) is 1. The molecule has 0 atom stereocenters. The Labute approximate surface area is 276 Å². The molecule has 0 radical (unpaired) electrons. The largest absolute Gasteiger partial charge is 0.394 e. The molecule has 0 bridgehead atoms. The van der Waals surface area contributed by atoms with E-state index in [1.54, 1.807) is 0 Å². The van der Waals surface area contributed by atoms with Crippen LogP contribution in [0.3, 0.4) is 0 Å². The second-order valence-electron chi connectivity index (χ2n) is 12.9. The van der Waals surface area contributed by atoms with Crippen LogP contribution in [0, 0.1) is 5.92 Å². The molecule has 3 N–H and O–H groups in total. The third-order valence-electron chi connectivity index (χ3n) is 8.06. The summed E-state index contributed by atoms with van der Waals surface area (Å²) in [6.45, 7) is 24.8. The second-order valence-corrected chi connectivity index (χ2v) is 12.9. The third-order valence-corrected chi connectivity index (χ3v) is 8.06. The van der Waals surface area contributed by atoms with Crippen molar-refractivity contribution >= 4 is 17.4 Å². The number of aliphatic hydroxyl groups excluding tert-OH is 1. The van der Waals surface area contributed by atoms with Crippen molar-refractivity contribution in [1.29, 1.82) is 0 Å². The fourth-order valence-corrected chi connectivity index (χ4v) is 4.47. The zero-order valence-electron chi connectivity index (χ0n) is 30.7. The van der Waals surface area contributed by atoms with Crippen LogP contribution in [0.25, 0.3) is 0 Å². The van der Waals surface area contributed by atoms with Crippen molar-refractivity contribution in [3.05, 3.63) is 46.7 Å². The molecule has 7 heteroatoms. The van der Waals surface area contributed by atoms with E-state index in [2.05, 4.69) is 73.9 Å². The molecule has 45 heavy (non-hydrogen) atoms. The van der Waals surface area contributed by atoms with Gasteiger partial charge in [0.1, 0.15) is 11.4 Å². The summed E-state index contributed by atoms with van der Waals surface area (Å²) in [7, 11) is 0. The van der Waals surface area contributed by atoms with Gasteiger partial charge in [-0.3, -0.25) is 14.6 Å². The van der Waals surface area contributed by atoms with E-state index in [0.29, 0.717) is 12.8 Å². The number of hydrogen-bond donors (Lipinski definition) is 2. The fraction of sp³-hybridized carbons (Fsp3) is 0.711. The van der Waals surface area contributed by atoms with Gasteiger partial charge in [-0.25, -0.2) is 4.39 Å². The molecule has 0 unspecified atom stereocenters. The second kappa shape index (κ2) is 25.6. The average molecular weight is 634 g/mol. The number of Topliss-reactive ketones (excluding diaryl/α,β-unsaturated/α-hetero) is 1. The standard InChI is InChI=1S/C16H24FN3O3.C10H16.C8H18.C4H10/c1-11(22)9-19-13-4-2-3-12(13)14(18)15(23)20-7-5-16(17,10-21)6-8-20;1-6-7-9(4)10(5)8(2)3;1-4-5-6-7-8(2)3;1-3-4-2/h21H,2-10,18H2,1H3;6-7H,1H2,2-5H3;8H,4-7H2,1-3H3;3-4H2,1-2H3/b14-12-,19-13?;9-7-;;. The summed E-state index contributed by atoms with van der Waals surface area (Å²) in [4.78, 5) is 29.3. The number of rotatable bonds is 11. The van der Waals surface area contributed by atoms with Crippen LogP contribution < -0.4 is 5.73 Å². The van der Waals surface area contributed by atoms with Crippen LogP contribution in [0.5, 0.6) is 0 Å². The quantitative estimate of drug-likeness (QED) is 0.135. The van der Waals surface area contributed by atoms with E-state index in [-0.39, 0.29) is 49.9 Å². The number of nitrogens with two attached hydrogens (primary N) is 1. The zero-order valence-corrected chi connectivity index (χ0v) is 30.7. The minimum atomic E-state index is -1.60. The van der Waals surface area contributed by atoms with Gasteiger partial charge in [0, 0.05) is 37.2 Å². The van der Waals surface area contributed by atoms with Crippen molar-refractivity contribution in [2.75, 3.05) is 26.2 Å². The van der Waals surface area contributed by atoms with Crippen molar-refractivity contribution < 1.29 is 19.1 Å². The Morgan fingerprint density at radius 1 is 1.02 bits per heavy atom. The van der Waals surface area contributed by atoms with Crippen molar-refractivity contribution in [2.24, 2.45) is 16.6 Å². The molecule has 2 fully saturated rings. The summed E-state index contributed by atoms with van der Waals surface area (Å²) >= 11 is 0. The first kappa shape index (κ1) is 44.6. The predicted octanol–water partition coefficient (Wildman–Crippen LogP) is 9.24. The number of alkyl halides is 1. The Kier molecular flexibility index (Phi) is 25.4. The summed E-state index contributed by atoms with van der Waals surface area (Å²) < 4.78 is 14.0. The molecule has 1 heterocycles. The Bertz CT molecular complexity index is 994. The van der Waals surface area contributed by atoms with Crippen LogP contribution in [0.2, 0.25) is 0 Å². The highest BCUT2D eigenvalue weighted by Crippen LogP contribution is 2.28. The Morgan fingerprint density at radius 2 is 1.60 bits per heavy atom. The number of unbranched alkanes of at least 4 members (excludes halogenated alkanes) is 3. The normalized spacial score (nSPS) is 17.7. The lowest BCUT2D eigenvalue weighted by Gasteiger charge is -2.35. The maximum Gasteiger partial charge on any atom is 0.270 e. The molecular formula is C38H68FN3O3. The van der Waals surface area contributed by atoms with Crippen LogP contribution in [-0.2, 0) is 9.59 Å². The van der Waals surface area contributed by atoms with Gasteiger partial charge in [-0.2, -0.15) is 0 Å². The van der Waals surface area contributed by atoms with Crippen molar-refractivity contribution in [2.45, 2.75) is 146 Å². The van der Waals surface area contributed by atoms with E-state index in [1.165, 1.54) is 67.1 Å². The van der Waals surface area contributed by atoms with E-state index in [1.807, 2.05) is 12.2 Å². The third kappa shape index (κ3) is 20.3. The fourth-order valence-electron chi connectivity index (χ4n) is 4.47. The van der Waals surface area contributed by atoms with Crippen LogP contribution in [0.4, 0.5) is 4.39 Å². The van der Waals surface area contributed by atoms with Gasteiger partial charge in [0.15, 0.2) is 5.78 Å². The predicted molar refractivity (Wildman–Crippen MR) is 192 cm³/mol. The smallest absolute Gasteiger partial charge is 0.270 e. The van der Waals surface area contributed by atoms with Gasteiger partial charge < -0.3 is 15.7 Å². The molecule has 0 spiro atoms. The van der Waals surface area contributed by atoms with Gasteiger partial charge in [-0.05, 0) is 70.9 Å². The van der Waals surface area contributed by atoms with Crippen LogP contribution >= 0.6 is 0 Å². The lowest BCUT2D eigenvalue weighted by molar-refractivity contribution is -0.130. The monoisotopic (exact) mass is 634 g/mol. The van der Waals surface area contributed by atoms with Crippen molar-refractivity contribution in [3.63, 3.8) is 0 Å². The minimum Gasteiger partial charge on any atom is -0.394 e. The number of ketones is 1. The number of carbonyl (C=O) groups excluding carboxylic acids is 2. The number of carbonyl (C=O) groups is 2. The molecule has 0 aromatic heterocycles. The molecule has 2 rings (SSSR count). The minimum absolute atomic E-state index is 0.0343. The van der Waals surface area contributed by atoms with Gasteiger partial charge in [0.2, 0.25) is 0 Å². The van der Waals surface area contributed by atoms with Gasteiger partial charge in [-0.1, -0.05) is 97.4 Å². The molecule has 1 saturated heterocycles. The molecule has 0 aromatic carbocycles. The number of nitrogens with zero attached hydrogens (tertiary/aromatic N) is 2. The summed E-state index contributed by atoms with van der Waals surface area (Å²) in [5.41, 5.74) is 10.1. The molecule has 260 valence electrons. The van der Waals surface area contributed by atoms with Gasteiger partial charge in [0.05, 0.1) is 13.2 Å². The number of piperidine rings is 1. The highest BCUT2D eigenvalue weighted by atomic mass is 19.1. The molecule has 1 saturated carbocycles. The summed E-state index contributed by atoms with van der Waals surface area (Å²) in [6, 6.07) is 0. The van der Waals surface area contributed by atoms with Crippen LogP contribution in [-0.4, -0.2) is 59.3 Å². The molecule has 6 nitrogen and oxygen atoms in total. The molecule has 1 aliphatic heterocycles. The lowest BCUT2D eigenvalue weighted by atomic mass is 9.94. The topological polar surface area (TPSA) is 96.0 Å². The first-order valence-corrected chi connectivity index (χ1v) is 17.2. The van der Waals surface area contributed by atoms with Gasteiger partial charge in [0.25, 0.3) is 5.91 Å². The summed E-state index contributed by atoms with van der Waals surface area (Å²) in [5, 5.41) is 9.04. The van der Waals surface area contributed by atoms with E-state index in [9.17, 15) is 14.0 Å². The lowest BCUT2D eigenvalue weighted by Crippen LogP contribution is -2.47. The molecule has 0 aromatic rings. The van der Waals surface area contributed by atoms with E-state index in [4.69, 9.17) is 10.8 Å². The molecule has 2 aliphatic rings. The van der Waals surface area contributed by atoms with Crippen molar-refractivity contribution in [3.8, 4) is 0 Å². The van der Waals surface area contributed by atoms with E-state index < -0.39 is 12.3 Å². The number of allylic oxidation sites excluding steroid dienone is 6. The number of halogens is 1. The Hall–Kier alpha value is -2.54. The van der Waals surface area contributed by atoms with E-state index >= 15 is 0 Å². The van der Waals surface area contributed by atoms with Gasteiger partial charge >= 0.3 is 0 Å². The molecule has 1 aliphatic carbocycles. The SMILES string of the molecule is C=C/C=C(/C)C(C)=C(C)C.CC(=O)CN=C1CCC/C1=C(/N)C(=O)N1CCC(F)(CO)CC1.CCCC.CCCCCC(C)C. The maximum atomic E-state index is 14.0. The van der Waals surface area contributed by atoms with Crippen LogP contribution in [0.15, 0.2) is 51.7 Å². The first-order valence-electron chi connectivity index (χ1n) is 17.2. The Balaban J connectivity index is 0. The van der Waals surface area contributed by atoms with E-state index in [0.717, 1.165) is 23.6 Å². The highest BCUT2D eigenvalue weighted by molar-refractivity contribution is 6.09. The van der Waals surface area contributed by atoms with Gasteiger partial charge in [-0.15, -0.1) is 0 Å². The maximum absolute atomic E-state index is 14.0. The molecular weight excluding hydrogens is 565 g/mol. The number of aliphatic imine (C=N–C) groups is 1. The average Bonchev–Trinajstić information content (AvgIpc) is 3.49. The Morgan fingerprint density at radius 3 is 2.02 bits per heavy atom. The van der Waals surface area contributed by atoms with Crippen LogP contribution in [0.1, 0.15) is 140 Å². The number of aliphatic hydroxyl groups is 1. The zero-order chi connectivity index (χ0) is 35.0. The first-order chi connectivity index (χ1) is 21.1. The molecule has 1 amide bonds. The summed E-state index contributed by atoms with van der Waals surface area (Å²) in [6.07, 6.45) is 14.6. The number of amides is 1. The summed E-state index contributed by atoms with van der Waals surface area (Å²) in [5.74, 6) is 0.562. The number of hydrogen-bond acceptors (Lipinski definition) is 5. The van der Waals surface area contributed by atoms with Crippen molar-refractivity contribution in [1.82, 2.24) is 4.90 Å². The highest BCUT2D eigenvalue weighted by Gasteiger charge is 2.36.